The van der Waals surface area contributed by atoms with Gasteiger partial charge in [0.25, 0.3) is 0 Å². The van der Waals surface area contributed by atoms with E-state index in [1.165, 1.54) is 83.7 Å². The van der Waals surface area contributed by atoms with E-state index in [2.05, 4.69) is 12.2 Å². The standard InChI is InChI=1S/C10H20.C5H11N/c1-2-7-10-8-5-3-4-6-9-10;1-2-4-6-5-3-1/h10H,2-9H2,1H3;6H,1-5H2. The van der Waals surface area contributed by atoms with Crippen LogP contribution in [0.2, 0.25) is 0 Å². The molecule has 0 aromatic carbocycles. The summed E-state index contributed by atoms with van der Waals surface area (Å²) in [7, 11) is 0. The Labute approximate surface area is 102 Å². The molecule has 1 saturated heterocycles. The van der Waals surface area contributed by atoms with E-state index >= 15 is 0 Å². The lowest BCUT2D eigenvalue weighted by Crippen LogP contribution is -2.21. The van der Waals surface area contributed by atoms with Crippen LogP contribution in [0.4, 0.5) is 0 Å². The van der Waals surface area contributed by atoms with Crippen LogP contribution in [0.5, 0.6) is 0 Å². The molecular formula is C15H31N. The third-order valence-electron chi connectivity index (χ3n) is 3.88. The van der Waals surface area contributed by atoms with Crippen LogP contribution in [0.1, 0.15) is 77.6 Å². The van der Waals surface area contributed by atoms with Gasteiger partial charge >= 0.3 is 0 Å². The highest BCUT2D eigenvalue weighted by Gasteiger charge is 2.09. The van der Waals surface area contributed by atoms with Crippen molar-refractivity contribution in [3.05, 3.63) is 0 Å². The van der Waals surface area contributed by atoms with Crippen LogP contribution in [0, 0.1) is 5.92 Å². The van der Waals surface area contributed by atoms with E-state index in [9.17, 15) is 0 Å². The first-order valence-electron chi connectivity index (χ1n) is 7.64. The second kappa shape index (κ2) is 10.1. The fourth-order valence-electron chi connectivity index (χ4n) is 2.86. The fourth-order valence-corrected chi connectivity index (χ4v) is 2.86. The molecule has 0 amide bonds. The minimum absolute atomic E-state index is 1.09. The van der Waals surface area contributed by atoms with Crippen molar-refractivity contribution in [2.45, 2.75) is 77.6 Å². The summed E-state index contributed by atoms with van der Waals surface area (Å²) in [6.07, 6.45) is 16.1. The van der Waals surface area contributed by atoms with Gasteiger partial charge in [0.15, 0.2) is 0 Å². The predicted molar refractivity (Wildman–Crippen MR) is 72.8 cm³/mol. The van der Waals surface area contributed by atoms with Crippen LogP contribution in [0.3, 0.4) is 0 Å². The highest BCUT2D eigenvalue weighted by molar-refractivity contribution is 4.63. The van der Waals surface area contributed by atoms with Gasteiger partial charge in [-0.1, -0.05) is 64.7 Å². The molecule has 1 heterocycles. The van der Waals surface area contributed by atoms with Crippen LogP contribution < -0.4 is 5.32 Å². The lowest BCUT2D eigenvalue weighted by molar-refractivity contribution is 0.424. The third-order valence-corrected chi connectivity index (χ3v) is 3.88. The maximum absolute atomic E-state index is 3.28. The molecule has 0 radical (unpaired) electrons. The summed E-state index contributed by atoms with van der Waals surface area (Å²) >= 11 is 0. The van der Waals surface area contributed by atoms with E-state index in [1.807, 2.05) is 0 Å². The molecule has 96 valence electrons. The monoisotopic (exact) mass is 225 g/mol. The van der Waals surface area contributed by atoms with Gasteiger partial charge in [0.1, 0.15) is 0 Å². The Hall–Kier alpha value is -0.0400. The molecule has 0 atom stereocenters. The van der Waals surface area contributed by atoms with Gasteiger partial charge in [-0.05, 0) is 31.8 Å². The molecule has 1 heteroatoms. The first-order valence-corrected chi connectivity index (χ1v) is 7.64. The van der Waals surface area contributed by atoms with E-state index in [0.29, 0.717) is 0 Å². The Morgan fingerprint density at radius 1 is 0.812 bits per heavy atom. The minimum Gasteiger partial charge on any atom is -0.317 e. The SMILES string of the molecule is C1CCNCC1.CCCC1CCCCCC1. The van der Waals surface area contributed by atoms with Crippen molar-refractivity contribution in [1.82, 2.24) is 5.32 Å². The van der Waals surface area contributed by atoms with E-state index < -0.39 is 0 Å². The summed E-state index contributed by atoms with van der Waals surface area (Å²) in [4.78, 5) is 0. The second-order valence-electron chi connectivity index (χ2n) is 5.46. The van der Waals surface area contributed by atoms with E-state index in [0.717, 1.165) is 5.92 Å². The number of hydrogen-bond acceptors (Lipinski definition) is 1. The minimum atomic E-state index is 1.09. The van der Waals surface area contributed by atoms with Crippen molar-refractivity contribution in [1.29, 1.82) is 0 Å². The number of nitrogens with one attached hydrogen (secondary N) is 1. The van der Waals surface area contributed by atoms with Crippen molar-refractivity contribution in [2.75, 3.05) is 13.1 Å². The second-order valence-corrected chi connectivity index (χ2v) is 5.46. The predicted octanol–water partition coefficient (Wildman–Crippen LogP) is 4.52. The topological polar surface area (TPSA) is 12.0 Å². The molecular weight excluding hydrogens is 194 g/mol. The molecule has 1 N–H and O–H groups in total. The molecule has 1 nitrogen and oxygen atoms in total. The largest absolute Gasteiger partial charge is 0.317 e. The van der Waals surface area contributed by atoms with Gasteiger partial charge in [-0.25, -0.2) is 0 Å². The first kappa shape index (κ1) is 14.0. The summed E-state index contributed by atoms with van der Waals surface area (Å²) in [5.41, 5.74) is 0. The van der Waals surface area contributed by atoms with Crippen LogP contribution >= 0.6 is 0 Å². The number of piperidine rings is 1. The molecule has 2 fully saturated rings. The number of hydrogen-bond donors (Lipinski definition) is 1. The Kier molecular flexibility index (Phi) is 8.88. The average molecular weight is 225 g/mol. The average Bonchev–Trinajstić information content (AvgIpc) is 2.61. The van der Waals surface area contributed by atoms with Gasteiger partial charge in [0.05, 0.1) is 0 Å². The fraction of sp³-hybridized carbons (Fsp3) is 1.00. The van der Waals surface area contributed by atoms with Gasteiger partial charge in [-0.15, -0.1) is 0 Å². The van der Waals surface area contributed by atoms with Crippen molar-refractivity contribution in [3.8, 4) is 0 Å². The lowest BCUT2D eigenvalue weighted by atomic mass is 9.96. The van der Waals surface area contributed by atoms with E-state index in [4.69, 9.17) is 0 Å². The Balaban J connectivity index is 0.000000181. The van der Waals surface area contributed by atoms with E-state index in [-0.39, 0.29) is 0 Å². The van der Waals surface area contributed by atoms with Gasteiger partial charge in [0, 0.05) is 0 Å². The molecule has 16 heavy (non-hydrogen) atoms. The smallest absolute Gasteiger partial charge is 0.00489 e. The highest BCUT2D eigenvalue weighted by Crippen LogP contribution is 2.25. The van der Waals surface area contributed by atoms with Crippen LogP contribution in [0.15, 0.2) is 0 Å². The normalized spacial score (nSPS) is 23.1. The Morgan fingerprint density at radius 2 is 1.38 bits per heavy atom. The highest BCUT2D eigenvalue weighted by atomic mass is 14.9. The summed E-state index contributed by atoms with van der Waals surface area (Å²) in [6.45, 7) is 4.81. The molecule has 0 aromatic heterocycles. The molecule has 2 rings (SSSR count). The quantitative estimate of drug-likeness (QED) is 0.681. The lowest BCUT2D eigenvalue weighted by Gasteiger charge is -2.10. The Bertz CT molecular complexity index is 121. The molecule has 0 spiro atoms. The van der Waals surface area contributed by atoms with Gasteiger partial charge in [-0.2, -0.15) is 0 Å². The maximum Gasteiger partial charge on any atom is -0.00489 e. The van der Waals surface area contributed by atoms with Crippen molar-refractivity contribution < 1.29 is 0 Å². The van der Waals surface area contributed by atoms with Gasteiger partial charge in [0.2, 0.25) is 0 Å². The molecule has 1 aliphatic heterocycles. The van der Waals surface area contributed by atoms with Crippen molar-refractivity contribution in [2.24, 2.45) is 5.92 Å². The van der Waals surface area contributed by atoms with Crippen LogP contribution in [-0.2, 0) is 0 Å². The summed E-state index contributed by atoms with van der Waals surface area (Å²) in [5, 5.41) is 3.28. The zero-order valence-electron chi connectivity index (χ0n) is 11.3. The summed E-state index contributed by atoms with van der Waals surface area (Å²) in [5.74, 6) is 1.09. The molecule has 1 aliphatic carbocycles. The molecule has 0 bridgehead atoms. The van der Waals surface area contributed by atoms with Crippen molar-refractivity contribution >= 4 is 0 Å². The number of rotatable bonds is 2. The summed E-state index contributed by atoms with van der Waals surface area (Å²) < 4.78 is 0. The zero-order valence-corrected chi connectivity index (χ0v) is 11.3. The third kappa shape index (κ3) is 7.27. The van der Waals surface area contributed by atoms with Crippen LogP contribution in [-0.4, -0.2) is 13.1 Å². The zero-order chi connectivity index (χ0) is 11.5. The Morgan fingerprint density at radius 3 is 1.75 bits per heavy atom. The molecule has 0 unspecified atom stereocenters. The molecule has 0 aromatic rings. The first-order chi connectivity index (χ1) is 7.93. The maximum atomic E-state index is 3.28. The van der Waals surface area contributed by atoms with E-state index in [1.54, 1.807) is 0 Å². The molecule has 2 aliphatic rings. The van der Waals surface area contributed by atoms with Gasteiger partial charge in [-0.3, -0.25) is 0 Å². The summed E-state index contributed by atoms with van der Waals surface area (Å²) in [6, 6.07) is 0. The van der Waals surface area contributed by atoms with Gasteiger partial charge < -0.3 is 5.32 Å². The van der Waals surface area contributed by atoms with Crippen LogP contribution in [0.25, 0.3) is 0 Å². The van der Waals surface area contributed by atoms with Crippen molar-refractivity contribution in [3.63, 3.8) is 0 Å². The molecule has 1 saturated carbocycles.